The van der Waals surface area contributed by atoms with Gasteiger partial charge >= 0.3 is 0 Å². The first-order chi connectivity index (χ1) is 14.1. The van der Waals surface area contributed by atoms with Crippen molar-refractivity contribution in [1.82, 2.24) is 19.7 Å². The quantitative estimate of drug-likeness (QED) is 0.705. The zero-order valence-corrected chi connectivity index (χ0v) is 17.3. The minimum Gasteiger partial charge on any atom is -0.447 e. The lowest BCUT2D eigenvalue weighted by Gasteiger charge is -2.34. The summed E-state index contributed by atoms with van der Waals surface area (Å²) in [4.78, 5) is 24.0. The number of oxazole rings is 1. The number of amides is 1. The lowest BCUT2D eigenvalue weighted by molar-refractivity contribution is 0.0714. The van der Waals surface area contributed by atoms with E-state index in [4.69, 9.17) is 4.42 Å². The van der Waals surface area contributed by atoms with Gasteiger partial charge in [-0.15, -0.1) is 0 Å². The van der Waals surface area contributed by atoms with E-state index in [1.807, 2.05) is 4.90 Å². The number of nitrogens with zero attached hydrogens (tertiary/aromatic N) is 4. The second-order valence-corrected chi connectivity index (χ2v) is 8.28. The Kier molecular flexibility index (Phi) is 6.11. The lowest BCUT2D eigenvalue weighted by atomic mass is 10.0. The molecule has 1 amide bonds. The van der Waals surface area contributed by atoms with Gasteiger partial charge in [0, 0.05) is 39.3 Å². The maximum atomic E-state index is 12.8. The molecule has 2 aliphatic rings. The van der Waals surface area contributed by atoms with Crippen molar-refractivity contribution in [2.75, 3.05) is 32.7 Å². The Morgan fingerprint density at radius 1 is 1.10 bits per heavy atom. The Bertz CT molecular complexity index is 838. The summed E-state index contributed by atoms with van der Waals surface area (Å²) in [7, 11) is 0. The fraction of sp³-hybridized carbons (Fsp3) is 0.478. The van der Waals surface area contributed by atoms with Crippen molar-refractivity contribution in [2.24, 2.45) is 5.92 Å². The van der Waals surface area contributed by atoms with E-state index in [-0.39, 0.29) is 11.9 Å². The molecular weight excluding hydrogens is 364 g/mol. The molecule has 6 nitrogen and oxygen atoms in total. The van der Waals surface area contributed by atoms with Gasteiger partial charge in [-0.3, -0.25) is 14.6 Å². The normalized spacial score (nSPS) is 20.7. The molecule has 3 heterocycles. The predicted octanol–water partition coefficient (Wildman–Crippen LogP) is 3.03. The van der Waals surface area contributed by atoms with E-state index < -0.39 is 0 Å². The summed E-state index contributed by atoms with van der Waals surface area (Å²) in [5.74, 6) is 0.964. The van der Waals surface area contributed by atoms with Gasteiger partial charge in [-0.1, -0.05) is 56.3 Å². The Hall–Kier alpha value is -2.44. The fourth-order valence-corrected chi connectivity index (χ4v) is 4.11. The Balaban J connectivity index is 1.28. The second kappa shape index (κ2) is 8.93. The first-order valence-corrected chi connectivity index (χ1v) is 10.5. The summed E-state index contributed by atoms with van der Waals surface area (Å²) in [5, 5.41) is 0. The topological polar surface area (TPSA) is 52.8 Å². The summed E-state index contributed by atoms with van der Waals surface area (Å²) in [6.07, 6.45) is 5.68. The highest BCUT2D eigenvalue weighted by Crippen LogP contribution is 2.21. The number of benzene rings is 1. The van der Waals surface area contributed by atoms with Crippen LogP contribution in [0.25, 0.3) is 0 Å². The molecule has 1 fully saturated rings. The van der Waals surface area contributed by atoms with Crippen molar-refractivity contribution < 1.29 is 9.21 Å². The highest BCUT2D eigenvalue weighted by molar-refractivity contribution is 5.92. The van der Waals surface area contributed by atoms with Gasteiger partial charge in [-0.25, -0.2) is 4.98 Å². The third kappa shape index (κ3) is 4.77. The van der Waals surface area contributed by atoms with Crippen LogP contribution in [0.4, 0.5) is 0 Å². The van der Waals surface area contributed by atoms with Crippen LogP contribution in [0.1, 0.15) is 35.8 Å². The third-order valence-corrected chi connectivity index (χ3v) is 5.78. The number of carbonyl (C=O) groups is 1. The van der Waals surface area contributed by atoms with E-state index >= 15 is 0 Å². The van der Waals surface area contributed by atoms with Gasteiger partial charge in [0.1, 0.15) is 6.26 Å². The average molecular weight is 395 g/mol. The van der Waals surface area contributed by atoms with Gasteiger partial charge in [0.2, 0.25) is 5.89 Å². The molecule has 1 aromatic heterocycles. The minimum atomic E-state index is -0.0450. The fourth-order valence-electron chi connectivity index (χ4n) is 4.11. The second-order valence-electron chi connectivity index (χ2n) is 8.28. The molecule has 2 aliphatic heterocycles. The molecule has 0 saturated carbocycles. The summed E-state index contributed by atoms with van der Waals surface area (Å²) < 4.78 is 5.63. The number of carbonyl (C=O) groups excluding carboxylic acids is 1. The molecule has 0 bridgehead atoms. The molecule has 6 heteroatoms. The van der Waals surface area contributed by atoms with E-state index in [1.165, 1.54) is 11.8 Å². The maximum Gasteiger partial charge on any atom is 0.276 e. The molecule has 0 spiro atoms. The van der Waals surface area contributed by atoms with Crippen molar-refractivity contribution in [1.29, 1.82) is 0 Å². The van der Waals surface area contributed by atoms with E-state index in [9.17, 15) is 4.79 Å². The molecule has 1 atom stereocenters. The van der Waals surface area contributed by atoms with Crippen molar-refractivity contribution in [3.63, 3.8) is 0 Å². The zero-order chi connectivity index (χ0) is 20.2. The Morgan fingerprint density at radius 3 is 2.48 bits per heavy atom. The van der Waals surface area contributed by atoms with Gasteiger partial charge in [0.05, 0.1) is 12.6 Å². The third-order valence-electron chi connectivity index (χ3n) is 5.78. The van der Waals surface area contributed by atoms with Crippen molar-refractivity contribution >= 4 is 5.91 Å². The van der Waals surface area contributed by atoms with Crippen LogP contribution >= 0.6 is 0 Å². The van der Waals surface area contributed by atoms with Gasteiger partial charge in [-0.2, -0.15) is 0 Å². The molecule has 0 N–H and O–H groups in total. The molecule has 29 heavy (non-hydrogen) atoms. The highest BCUT2D eigenvalue weighted by atomic mass is 16.3. The van der Waals surface area contributed by atoms with Crippen LogP contribution in [0.2, 0.25) is 0 Å². The average Bonchev–Trinajstić information content (AvgIpc) is 3.40. The molecule has 1 unspecified atom stereocenters. The Labute approximate surface area is 172 Å². The predicted molar refractivity (Wildman–Crippen MR) is 112 cm³/mol. The van der Waals surface area contributed by atoms with Gasteiger partial charge in [0.15, 0.2) is 5.69 Å². The van der Waals surface area contributed by atoms with Crippen LogP contribution in [0.5, 0.6) is 0 Å². The largest absolute Gasteiger partial charge is 0.447 e. The van der Waals surface area contributed by atoms with Crippen LogP contribution in [-0.4, -0.2) is 64.4 Å². The van der Waals surface area contributed by atoms with E-state index in [2.05, 4.69) is 71.1 Å². The zero-order valence-electron chi connectivity index (χ0n) is 17.3. The minimum absolute atomic E-state index is 0.0450. The monoisotopic (exact) mass is 394 g/mol. The smallest absolute Gasteiger partial charge is 0.276 e. The van der Waals surface area contributed by atoms with Crippen molar-refractivity contribution in [3.8, 4) is 0 Å². The number of rotatable bonds is 6. The van der Waals surface area contributed by atoms with Crippen molar-refractivity contribution in [2.45, 2.75) is 33.0 Å². The van der Waals surface area contributed by atoms with Crippen LogP contribution < -0.4 is 0 Å². The van der Waals surface area contributed by atoms with Crippen LogP contribution in [0, 0.1) is 5.92 Å². The van der Waals surface area contributed by atoms with Crippen molar-refractivity contribution in [3.05, 3.63) is 65.9 Å². The lowest BCUT2D eigenvalue weighted by Crippen LogP contribution is -2.45. The van der Waals surface area contributed by atoms with E-state index in [0.717, 1.165) is 32.7 Å². The molecule has 154 valence electrons. The Morgan fingerprint density at radius 2 is 1.79 bits per heavy atom. The van der Waals surface area contributed by atoms with E-state index in [0.29, 0.717) is 30.6 Å². The number of hydrogen-bond donors (Lipinski definition) is 0. The van der Waals surface area contributed by atoms with Gasteiger partial charge < -0.3 is 9.32 Å². The SMILES string of the molecule is CC(C)C1C=CCN1C(=O)c1coc(CN2CCN(Cc3ccccc3)CC2)n1. The molecular formula is C23H30N4O2. The van der Waals surface area contributed by atoms with Crippen LogP contribution in [0.3, 0.4) is 0 Å². The first-order valence-electron chi connectivity index (χ1n) is 10.5. The summed E-state index contributed by atoms with van der Waals surface area (Å²) in [5.41, 5.74) is 1.77. The van der Waals surface area contributed by atoms with Crippen LogP contribution in [-0.2, 0) is 13.1 Å². The molecule has 1 aromatic carbocycles. The number of hydrogen-bond acceptors (Lipinski definition) is 5. The molecule has 1 saturated heterocycles. The highest BCUT2D eigenvalue weighted by Gasteiger charge is 2.29. The molecule has 0 radical (unpaired) electrons. The number of aromatic nitrogens is 1. The standard InChI is InChI=1S/C23H30N4O2/c1-18(2)21-9-6-10-27(21)23(28)20-17-29-22(24-20)16-26-13-11-25(12-14-26)15-19-7-4-3-5-8-19/h3-9,17-18,21H,10-16H2,1-2H3. The van der Waals surface area contributed by atoms with E-state index in [1.54, 1.807) is 0 Å². The van der Waals surface area contributed by atoms with Gasteiger partial charge in [-0.05, 0) is 11.5 Å². The molecule has 4 rings (SSSR count). The summed E-state index contributed by atoms with van der Waals surface area (Å²) in [6, 6.07) is 10.7. The number of piperazine rings is 1. The van der Waals surface area contributed by atoms with Crippen LogP contribution in [0.15, 0.2) is 53.2 Å². The maximum absolute atomic E-state index is 12.8. The summed E-state index contributed by atoms with van der Waals surface area (Å²) in [6.45, 7) is 10.6. The first kappa shape index (κ1) is 19.9. The molecule has 0 aliphatic carbocycles. The molecule has 2 aromatic rings. The van der Waals surface area contributed by atoms with Gasteiger partial charge in [0.25, 0.3) is 5.91 Å². The summed E-state index contributed by atoms with van der Waals surface area (Å²) >= 11 is 0.